The number of methoxy groups -OCH3 is 1. The largest absolute Gasteiger partial charge is 0.383 e. The molecule has 0 unspecified atom stereocenters. The number of nitrogens with one attached hydrogen (secondary N) is 2. The van der Waals surface area contributed by atoms with Gasteiger partial charge in [0.15, 0.2) is 0 Å². The van der Waals surface area contributed by atoms with Crippen molar-refractivity contribution < 1.29 is 9.53 Å². The molecule has 1 rings (SSSR count). The molecule has 0 heterocycles. The molecule has 0 bridgehead atoms. The number of rotatable bonds is 8. The van der Waals surface area contributed by atoms with Crippen molar-refractivity contribution in [2.45, 2.75) is 6.54 Å². The van der Waals surface area contributed by atoms with E-state index in [9.17, 15) is 4.79 Å². The minimum absolute atomic E-state index is 0.0556. The van der Waals surface area contributed by atoms with E-state index in [0.717, 1.165) is 17.8 Å². The quantitative estimate of drug-likeness (QED) is 0.710. The Morgan fingerprint density at radius 3 is 2.80 bits per heavy atom. The SMILES string of the molecule is CNCc1ccc(N(C)CC(=O)NCCOC)c(Cl)c1. The third-order valence-corrected chi connectivity index (χ3v) is 3.12. The number of hydrogen-bond acceptors (Lipinski definition) is 4. The van der Waals surface area contributed by atoms with E-state index in [2.05, 4.69) is 10.6 Å². The number of hydrogen-bond donors (Lipinski definition) is 2. The fraction of sp³-hybridized carbons (Fsp3) is 0.500. The number of benzene rings is 1. The molecule has 0 spiro atoms. The van der Waals surface area contributed by atoms with Gasteiger partial charge in [-0.25, -0.2) is 0 Å². The molecule has 20 heavy (non-hydrogen) atoms. The second-order valence-electron chi connectivity index (χ2n) is 4.51. The van der Waals surface area contributed by atoms with Crippen molar-refractivity contribution in [2.24, 2.45) is 0 Å². The van der Waals surface area contributed by atoms with Crippen molar-refractivity contribution in [1.29, 1.82) is 0 Å². The molecule has 0 saturated heterocycles. The summed E-state index contributed by atoms with van der Waals surface area (Å²) in [7, 11) is 5.33. The lowest BCUT2D eigenvalue weighted by atomic mass is 10.2. The van der Waals surface area contributed by atoms with Crippen molar-refractivity contribution in [3.63, 3.8) is 0 Å². The normalized spacial score (nSPS) is 10.4. The summed E-state index contributed by atoms with van der Waals surface area (Å²) >= 11 is 6.25. The summed E-state index contributed by atoms with van der Waals surface area (Å²) in [5.74, 6) is -0.0556. The lowest BCUT2D eigenvalue weighted by Crippen LogP contribution is -2.36. The maximum atomic E-state index is 11.7. The van der Waals surface area contributed by atoms with Gasteiger partial charge in [0.1, 0.15) is 0 Å². The Kier molecular flexibility index (Phi) is 7.36. The smallest absolute Gasteiger partial charge is 0.239 e. The summed E-state index contributed by atoms with van der Waals surface area (Å²) < 4.78 is 4.88. The second kappa shape index (κ2) is 8.79. The number of carbonyl (C=O) groups is 1. The predicted molar refractivity (Wildman–Crippen MR) is 82.4 cm³/mol. The lowest BCUT2D eigenvalue weighted by molar-refractivity contribution is -0.119. The van der Waals surface area contributed by atoms with Crippen LogP contribution in [0, 0.1) is 0 Å². The van der Waals surface area contributed by atoms with Crippen LogP contribution in [0.25, 0.3) is 0 Å². The average molecular weight is 300 g/mol. The standard InChI is InChI=1S/C14H22ClN3O2/c1-16-9-11-4-5-13(12(15)8-11)18(2)10-14(19)17-6-7-20-3/h4-5,8,16H,6-7,9-10H2,1-3H3,(H,17,19). The number of likely N-dealkylation sites (N-methyl/N-ethyl adjacent to an activating group) is 1. The number of anilines is 1. The van der Waals surface area contributed by atoms with E-state index >= 15 is 0 Å². The molecule has 1 amide bonds. The summed E-state index contributed by atoms with van der Waals surface area (Å²) in [6, 6.07) is 5.83. The molecule has 5 nitrogen and oxygen atoms in total. The summed E-state index contributed by atoms with van der Waals surface area (Å²) in [5, 5.41) is 6.49. The molecular weight excluding hydrogens is 278 g/mol. The molecule has 1 aromatic rings. The van der Waals surface area contributed by atoms with Crippen LogP contribution in [0.15, 0.2) is 18.2 Å². The fourth-order valence-electron chi connectivity index (χ4n) is 1.82. The van der Waals surface area contributed by atoms with E-state index in [-0.39, 0.29) is 12.5 Å². The fourth-order valence-corrected chi connectivity index (χ4v) is 2.17. The molecule has 0 aliphatic carbocycles. The van der Waals surface area contributed by atoms with Crippen molar-refractivity contribution in [2.75, 3.05) is 45.8 Å². The van der Waals surface area contributed by atoms with Gasteiger partial charge in [0.05, 0.1) is 23.9 Å². The van der Waals surface area contributed by atoms with Crippen LogP contribution in [0.2, 0.25) is 5.02 Å². The van der Waals surface area contributed by atoms with Gasteiger partial charge in [-0.2, -0.15) is 0 Å². The minimum atomic E-state index is -0.0556. The Bertz CT molecular complexity index is 440. The molecule has 0 atom stereocenters. The highest BCUT2D eigenvalue weighted by molar-refractivity contribution is 6.33. The van der Waals surface area contributed by atoms with Crippen LogP contribution in [-0.4, -0.2) is 46.8 Å². The van der Waals surface area contributed by atoms with Gasteiger partial charge in [-0.15, -0.1) is 0 Å². The number of nitrogens with zero attached hydrogens (tertiary/aromatic N) is 1. The van der Waals surface area contributed by atoms with Gasteiger partial charge in [-0.1, -0.05) is 17.7 Å². The second-order valence-corrected chi connectivity index (χ2v) is 4.92. The highest BCUT2D eigenvalue weighted by Crippen LogP contribution is 2.25. The lowest BCUT2D eigenvalue weighted by Gasteiger charge is -2.20. The van der Waals surface area contributed by atoms with Crippen LogP contribution < -0.4 is 15.5 Å². The molecule has 0 aliphatic rings. The van der Waals surface area contributed by atoms with E-state index in [4.69, 9.17) is 16.3 Å². The predicted octanol–water partition coefficient (Wildman–Crippen LogP) is 1.26. The zero-order valence-electron chi connectivity index (χ0n) is 12.2. The third kappa shape index (κ3) is 5.36. The first-order valence-electron chi connectivity index (χ1n) is 6.48. The van der Waals surface area contributed by atoms with Crippen LogP contribution in [-0.2, 0) is 16.1 Å². The van der Waals surface area contributed by atoms with Crippen molar-refractivity contribution in [3.05, 3.63) is 28.8 Å². The highest BCUT2D eigenvalue weighted by atomic mass is 35.5. The molecular formula is C14H22ClN3O2. The summed E-state index contributed by atoms with van der Waals surface area (Å²) in [5.41, 5.74) is 1.95. The zero-order valence-corrected chi connectivity index (χ0v) is 13.0. The van der Waals surface area contributed by atoms with Gasteiger partial charge >= 0.3 is 0 Å². The first-order chi connectivity index (χ1) is 9.58. The van der Waals surface area contributed by atoms with E-state index in [1.54, 1.807) is 7.11 Å². The van der Waals surface area contributed by atoms with E-state index in [0.29, 0.717) is 18.2 Å². The Morgan fingerprint density at radius 1 is 1.45 bits per heavy atom. The molecule has 0 saturated carbocycles. The number of carbonyl (C=O) groups excluding carboxylic acids is 1. The van der Waals surface area contributed by atoms with Crippen LogP contribution in [0.4, 0.5) is 5.69 Å². The monoisotopic (exact) mass is 299 g/mol. The number of amides is 1. The van der Waals surface area contributed by atoms with Crippen LogP contribution >= 0.6 is 11.6 Å². The average Bonchev–Trinajstić information content (AvgIpc) is 2.39. The Hall–Kier alpha value is -1.30. The molecule has 0 radical (unpaired) electrons. The molecule has 0 aromatic heterocycles. The van der Waals surface area contributed by atoms with Gasteiger partial charge in [0.2, 0.25) is 5.91 Å². The van der Waals surface area contributed by atoms with Gasteiger partial charge in [-0.3, -0.25) is 4.79 Å². The van der Waals surface area contributed by atoms with E-state index < -0.39 is 0 Å². The van der Waals surface area contributed by atoms with Gasteiger partial charge in [0.25, 0.3) is 0 Å². The van der Waals surface area contributed by atoms with Crippen molar-refractivity contribution in [3.8, 4) is 0 Å². The van der Waals surface area contributed by atoms with Gasteiger partial charge in [0, 0.05) is 27.2 Å². The summed E-state index contributed by atoms with van der Waals surface area (Å²) in [4.78, 5) is 13.5. The molecule has 0 fully saturated rings. The first-order valence-corrected chi connectivity index (χ1v) is 6.86. The molecule has 1 aromatic carbocycles. The Labute approximate surface area is 125 Å². The van der Waals surface area contributed by atoms with Crippen LogP contribution in [0.1, 0.15) is 5.56 Å². The first kappa shape index (κ1) is 16.8. The Morgan fingerprint density at radius 2 is 2.20 bits per heavy atom. The topological polar surface area (TPSA) is 53.6 Å². The maximum Gasteiger partial charge on any atom is 0.239 e. The molecule has 6 heteroatoms. The minimum Gasteiger partial charge on any atom is -0.383 e. The molecule has 2 N–H and O–H groups in total. The van der Waals surface area contributed by atoms with Crippen LogP contribution in [0.3, 0.4) is 0 Å². The highest BCUT2D eigenvalue weighted by Gasteiger charge is 2.10. The molecule has 0 aliphatic heterocycles. The van der Waals surface area contributed by atoms with Gasteiger partial charge < -0.3 is 20.3 Å². The van der Waals surface area contributed by atoms with E-state index in [1.807, 2.05) is 37.2 Å². The van der Waals surface area contributed by atoms with Gasteiger partial charge in [-0.05, 0) is 24.7 Å². The van der Waals surface area contributed by atoms with Crippen LogP contribution in [0.5, 0.6) is 0 Å². The third-order valence-electron chi connectivity index (χ3n) is 2.81. The molecule has 112 valence electrons. The van der Waals surface area contributed by atoms with Crippen molar-refractivity contribution in [1.82, 2.24) is 10.6 Å². The number of halogens is 1. The maximum absolute atomic E-state index is 11.7. The Balaban J connectivity index is 2.58. The van der Waals surface area contributed by atoms with E-state index in [1.165, 1.54) is 0 Å². The summed E-state index contributed by atoms with van der Waals surface area (Å²) in [6.07, 6.45) is 0. The van der Waals surface area contributed by atoms with Crippen molar-refractivity contribution >= 4 is 23.2 Å². The zero-order chi connectivity index (χ0) is 15.0. The summed E-state index contributed by atoms with van der Waals surface area (Å²) in [6.45, 7) is 2.04. The number of ether oxygens (including phenoxy) is 1.